The molecule has 0 amide bonds. The van der Waals surface area contributed by atoms with E-state index >= 15 is 0 Å². The summed E-state index contributed by atoms with van der Waals surface area (Å²) in [4.78, 5) is 14.8. The number of aryl methyl sites for hydroxylation is 1. The molecule has 1 atom stereocenters. The first kappa shape index (κ1) is 19.1. The van der Waals surface area contributed by atoms with Crippen LogP contribution in [0.25, 0.3) is 0 Å². The van der Waals surface area contributed by atoms with Gasteiger partial charge in [-0.15, -0.1) is 0 Å². The summed E-state index contributed by atoms with van der Waals surface area (Å²) in [6.07, 6.45) is 0.976. The third kappa shape index (κ3) is 7.22. The number of hydrogen-bond acceptors (Lipinski definition) is 8. The van der Waals surface area contributed by atoms with Gasteiger partial charge in [0.15, 0.2) is 0 Å². The highest BCUT2D eigenvalue weighted by molar-refractivity contribution is 7.85. The van der Waals surface area contributed by atoms with Gasteiger partial charge in [0.1, 0.15) is 16.2 Å². The summed E-state index contributed by atoms with van der Waals surface area (Å²) in [5, 5.41) is 13.8. The predicted molar refractivity (Wildman–Crippen MR) is 79.4 cm³/mol. The Labute approximate surface area is 134 Å². The smallest absolute Gasteiger partial charge is 0.145 e. The molecule has 1 heterocycles. The number of carbonyl (C=O) groups excluding carboxylic acids is 1. The Bertz CT molecular complexity index is 654. The Kier molecular flexibility index (Phi) is 7.14. The van der Waals surface area contributed by atoms with E-state index in [1.54, 1.807) is 12.1 Å². The molecule has 0 radical (unpaired) electrons. The Balaban J connectivity index is 0.000000231. The number of aliphatic carboxylic acids is 1. The van der Waals surface area contributed by atoms with Gasteiger partial charge >= 0.3 is 0 Å². The number of carboxylic acid groups (broad SMARTS) is 1. The number of carboxylic acids is 1. The van der Waals surface area contributed by atoms with Crippen molar-refractivity contribution in [2.75, 3.05) is 6.54 Å². The van der Waals surface area contributed by atoms with Crippen LogP contribution >= 0.6 is 0 Å². The number of rotatable bonds is 5. The second-order valence-electron chi connectivity index (χ2n) is 4.96. The van der Waals surface area contributed by atoms with Crippen molar-refractivity contribution < 1.29 is 27.7 Å². The molecule has 2 rings (SSSR count). The molecule has 0 fully saturated rings. The lowest BCUT2D eigenvalue weighted by Gasteiger charge is -2.05. The maximum Gasteiger partial charge on any atom is 0.145 e. The van der Waals surface area contributed by atoms with Gasteiger partial charge in [-0.25, -0.2) is 8.42 Å². The number of benzene rings is 1. The Morgan fingerprint density at radius 3 is 2.43 bits per heavy atom. The van der Waals surface area contributed by atoms with Crippen molar-refractivity contribution in [3.63, 3.8) is 0 Å². The fourth-order valence-electron chi connectivity index (χ4n) is 1.71. The molecule has 2 N–H and O–H groups in total. The van der Waals surface area contributed by atoms with Gasteiger partial charge in [0.25, 0.3) is 0 Å². The van der Waals surface area contributed by atoms with Crippen LogP contribution in [0, 0.1) is 6.92 Å². The van der Waals surface area contributed by atoms with Crippen LogP contribution in [0.5, 0.6) is 0 Å². The van der Waals surface area contributed by atoms with Gasteiger partial charge < -0.3 is 25.0 Å². The molecule has 0 aromatic heterocycles. The van der Waals surface area contributed by atoms with Crippen LogP contribution in [0.1, 0.15) is 24.8 Å². The van der Waals surface area contributed by atoms with Crippen LogP contribution in [0.4, 0.5) is 0 Å². The van der Waals surface area contributed by atoms with E-state index in [0.717, 1.165) is 11.3 Å². The van der Waals surface area contributed by atoms with Crippen molar-refractivity contribution in [2.45, 2.75) is 37.2 Å². The van der Waals surface area contributed by atoms with Crippen LogP contribution in [0.15, 0.2) is 34.3 Å². The average molecular weight is 342 g/mol. The van der Waals surface area contributed by atoms with Gasteiger partial charge in [-0.1, -0.05) is 22.9 Å². The summed E-state index contributed by atoms with van der Waals surface area (Å²) < 4.78 is 31.2. The normalized spacial score (nSPS) is 16.8. The second kappa shape index (κ2) is 8.61. The van der Waals surface area contributed by atoms with Crippen LogP contribution in [-0.4, -0.2) is 37.3 Å². The molecule has 0 saturated carbocycles. The predicted octanol–water partition coefficient (Wildman–Crippen LogP) is -0.481. The van der Waals surface area contributed by atoms with E-state index in [1.807, 2.05) is 6.92 Å². The van der Waals surface area contributed by atoms with Gasteiger partial charge in [-0.05, 0) is 31.9 Å². The van der Waals surface area contributed by atoms with Crippen LogP contribution in [-0.2, 0) is 19.8 Å². The molecule has 1 aromatic rings. The third-order valence-electron chi connectivity index (χ3n) is 2.98. The van der Waals surface area contributed by atoms with Crippen molar-refractivity contribution in [3.05, 3.63) is 29.8 Å². The number of oxime groups is 1. The van der Waals surface area contributed by atoms with E-state index in [-0.39, 0.29) is 17.4 Å². The van der Waals surface area contributed by atoms with Gasteiger partial charge in [0, 0.05) is 18.9 Å². The van der Waals surface area contributed by atoms with Crippen molar-refractivity contribution in [1.29, 1.82) is 0 Å². The molecule has 0 aliphatic carbocycles. The zero-order valence-electron chi connectivity index (χ0n) is 12.6. The summed E-state index contributed by atoms with van der Waals surface area (Å²) in [6.45, 7) is 2.24. The molecule has 0 saturated heterocycles. The van der Waals surface area contributed by atoms with Gasteiger partial charge in [0.2, 0.25) is 0 Å². The highest BCUT2D eigenvalue weighted by Crippen LogP contribution is 2.12. The third-order valence-corrected chi connectivity index (χ3v) is 3.83. The van der Waals surface area contributed by atoms with Gasteiger partial charge in [0.05, 0.1) is 10.6 Å². The molecule has 9 heteroatoms. The maximum atomic E-state index is 10.4. The standard InChI is InChI=1S/C7H12N2O3.C7H8O3S/c8-4-6-3-5(9-12-6)1-2-7(10)11;1-6-2-4-7(5-3-6)11(8,9)10/h6H,1-4,8H2,(H,10,11);2-5H,1H3,(H,8,9,10)/p-2. The molecule has 0 spiro atoms. The van der Waals surface area contributed by atoms with E-state index in [9.17, 15) is 22.9 Å². The Hall–Kier alpha value is -1.97. The van der Waals surface area contributed by atoms with Gasteiger partial charge in [-0.3, -0.25) is 0 Å². The van der Waals surface area contributed by atoms with E-state index in [1.165, 1.54) is 12.1 Å². The fourth-order valence-corrected chi connectivity index (χ4v) is 2.18. The largest absolute Gasteiger partial charge is 0.744 e. The Morgan fingerprint density at radius 2 is 2.00 bits per heavy atom. The molecule has 1 aliphatic heterocycles. The second-order valence-corrected chi connectivity index (χ2v) is 6.34. The van der Waals surface area contributed by atoms with E-state index < -0.39 is 16.1 Å². The van der Waals surface area contributed by atoms with Gasteiger partial charge in [-0.2, -0.15) is 0 Å². The summed E-state index contributed by atoms with van der Waals surface area (Å²) in [7, 11) is -4.27. The van der Waals surface area contributed by atoms with E-state index in [2.05, 4.69) is 5.16 Å². The van der Waals surface area contributed by atoms with E-state index in [0.29, 0.717) is 19.4 Å². The van der Waals surface area contributed by atoms with Crippen LogP contribution in [0.3, 0.4) is 0 Å². The van der Waals surface area contributed by atoms with Crippen LogP contribution < -0.4 is 10.8 Å². The lowest BCUT2D eigenvalue weighted by Crippen LogP contribution is -2.23. The minimum absolute atomic E-state index is 0.000511. The van der Waals surface area contributed by atoms with Crippen molar-refractivity contribution in [1.82, 2.24) is 0 Å². The number of nitrogens with zero attached hydrogens (tertiary/aromatic N) is 1. The summed E-state index contributed by atoms with van der Waals surface area (Å²) in [5.74, 6) is -1.06. The number of hydrogen-bond donors (Lipinski definition) is 1. The summed E-state index contributed by atoms with van der Waals surface area (Å²) in [5.41, 5.74) is 7.01. The first-order chi connectivity index (χ1) is 10.7. The topological polar surface area (TPSA) is 145 Å². The monoisotopic (exact) mass is 342 g/mol. The Morgan fingerprint density at radius 1 is 1.39 bits per heavy atom. The summed E-state index contributed by atoms with van der Waals surface area (Å²) >= 11 is 0. The number of carbonyl (C=O) groups is 1. The molecular weight excluding hydrogens is 324 g/mol. The maximum absolute atomic E-state index is 10.4. The molecule has 128 valence electrons. The molecule has 8 nitrogen and oxygen atoms in total. The first-order valence-electron chi connectivity index (χ1n) is 6.86. The molecule has 1 aromatic carbocycles. The van der Waals surface area contributed by atoms with Crippen molar-refractivity contribution >= 4 is 21.8 Å². The first-order valence-corrected chi connectivity index (χ1v) is 8.27. The molecular formula is C14H18N2O6S-2. The zero-order chi connectivity index (χ0) is 17.5. The highest BCUT2D eigenvalue weighted by atomic mass is 32.2. The minimum atomic E-state index is -4.27. The van der Waals surface area contributed by atoms with Crippen molar-refractivity contribution in [3.8, 4) is 0 Å². The quantitative estimate of drug-likeness (QED) is 0.711. The molecule has 0 bridgehead atoms. The molecule has 23 heavy (non-hydrogen) atoms. The summed E-state index contributed by atoms with van der Waals surface area (Å²) in [6, 6.07) is 5.78. The SMILES string of the molecule is Cc1ccc(S(=O)(=O)[O-])cc1.NCC1CC(CCC(=O)[O-])=NO1. The van der Waals surface area contributed by atoms with Crippen LogP contribution in [0.2, 0.25) is 0 Å². The number of nitrogens with two attached hydrogens (primary N) is 1. The lowest BCUT2D eigenvalue weighted by atomic mass is 10.1. The lowest BCUT2D eigenvalue weighted by molar-refractivity contribution is -0.305. The molecule has 1 aliphatic rings. The average Bonchev–Trinajstić information content (AvgIpc) is 2.93. The zero-order valence-corrected chi connectivity index (χ0v) is 13.4. The molecule has 1 unspecified atom stereocenters. The van der Waals surface area contributed by atoms with Crippen molar-refractivity contribution in [2.24, 2.45) is 10.9 Å². The van der Waals surface area contributed by atoms with E-state index in [4.69, 9.17) is 10.6 Å². The minimum Gasteiger partial charge on any atom is -0.744 e. The highest BCUT2D eigenvalue weighted by Gasteiger charge is 2.18. The fraction of sp³-hybridized carbons (Fsp3) is 0.429.